The zero-order valence-corrected chi connectivity index (χ0v) is 9.24. The lowest BCUT2D eigenvalue weighted by molar-refractivity contribution is 0.703. The lowest BCUT2D eigenvalue weighted by Crippen LogP contribution is -1.89. The molecular formula is C9H13ClN2S. The molecule has 1 fully saturated rings. The zero-order valence-electron chi connectivity index (χ0n) is 7.66. The standard InChI is InChI=1S/C9H13ClN2S/c1-6(10)8-11-12-9(13-8)7-4-2-3-5-7/h6-7H,2-5H2,1H3. The Kier molecular flexibility index (Phi) is 2.84. The smallest absolute Gasteiger partial charge is 0.135 e. The normalized spacial score (nSPS) is 20.8. The fourth-order valence-electron chi connectivity index (χ4n) is 1.75. The van der Waals surface area contributed by atoms with Crippen molar-refractivity contribution in [3.8, 4) is 0 Å². The summed E-state index contributed by atoms with van der Waals surface area (Å²) >= 11 is 7.62. The Morgan fingerprint density at radius 1 is 1.38 bits per heavy atom. The number of rotatable bonds is 2. The lowest BCUT2D eigenvalue weighted by atomic mass is 10.1. The fraction of sp³-hybridized carbons (Fsp3) is 0.778. The van der Waals surface area contributed by atoms with Gasteiger partial charge in [-0.2, -0.15) is 0 Å². The highest BCUT2D eigenvalue weighted by atomic mass is 35.5. The van der Waals surface area contributed by atoms with E-state index in [2.05, 4.69) is 10.2 Å². The third kappa shape index (κ3) is 2.02. The molecule has 0 N–H and O–H groups in total. The molecule has 2 nitrogen and oxygen atoms in total. The van der Waals surface area contributed by atoms with E-state index >= 15 is 0 Å². The van der Waals surface area contributed by atoms with E-state index in [1.54, 1.807) is 11.3 Å². The molecule has 72 valence electrons. The quantitative estimate of drug-likeness (QED) is 0.708. The minimum absolute atomic E-state index is 0.00709. The summed E-state index contributed by atoms with van der Waals surface area (Å²) in [6.45, 7) is 1.94. The van der Waals surface area contributed by atoms with Crippen LogP contribution in [0.2, 0.25) is 0 Å². The predicted molar refractivity (Wildman–Crippen MR) is 55.4 cm³/mol. The van der Waals surface area contributed by atoms with Crippen LogP contribution < -0.4 is 0 Å². The average Bonchev–Trinajstić information content (AvgIpc) is 2.75. The van der Waals surface area contributed by atoms with Crippen LogP contribution in [0.25, 0.3) is 0 Å². The second kappa shape index (κ2) is 3.93. The van der Waals surface area contributed by atoms with E-state index in [9.17, 15) is 0 Å². The van der Waals surface area contributed by atoms with Gasteiger partial charge in [-0.05, 0) is 19.8 Å². The Morgan fingerprint density at radius 2 is 2.08 bits per heavy atom. The summed E-state index contributed by atoms with van der Waals surface area (Å²) in [5.41, 5.74) is 0. The molecule has 0 bridgehead atoms. The topological polar surface area (TPSA) is 25.8 Å². The number of hydrogen-bond acceptors (Lipinski definition) is 3. The maximum atomic E-state index is 5.93. The van der Waals surface area contributed by atoms with Crippen LogP contribution in [0.15, 0.2) is 0 Å². The van der Waals surface area contributed by atoms with E-state index < -0.39 is 0 Å². The maximum Gasteiger partial charge on any atom is 0.135 e. The first-order chi connectivity index (χ1) is 6.27. The van der Waals surface area contributed by atoms with Gasteiger partial charge in [0.15, 0.2) is 0 Å². The Balaban J connectivity index is 2.12. The highest BCUT2D eigenvalue weighted by molar-refractivity contribution is 7.11. The van der Waals surface area contributed by atoms with Crippen LogP contribution in [0.3, 0.4) is 0 Å². The molecule has 0 amide bonds. The summed E-state index contributed by atoms with van der Waals surface area (Å²) in [5.74, 6) is 0.668. The van der Waals surface area contributed by atoms with E-state index in [-0.39, 0.29) is 5.38 Å². The van der Waals surface area contributed by atoms with Gasteiger partial charge in [0, 0.05) is 5.92 Å². The molecule has 1 aromatic rings. The van der Waals surface area contributed by atoms with Crippen molar-refractivity contribution in [1.29, 1.82) is 0 Å². The number of alkyl halides is 1. The van der Waals surface area contributed by atoms with Crippen molar-refractivity contribution in [3.63, 3.8) is 0 Å². The van der Waals surface area contributed by atoms with Gasteiger partial charge in [-0.1, -0.05) is 24.2 Å². The van der Waals surface area contributed by atoms with Crippen molar-refractivity contribution in [2.24, 2.45) is 0 Å². The highest BCUT2D eigenvalue weighted by Gasteiger charge is 2.21. The molecule has 1 atom stereocenters. The van der Waals surface area contributed by atoms with Gasteiger partial charge in [0.2, 0.25) is 0 Å². The lowest BCUT2D eigenvalue weighted by Gasteiger charge is -2.00. The minimum Gasteiger partial charge on any atom is -0.143 e. The minimum atomic E-state index is 0.00709. The summed E-state index contributed by atoms with van der Waals surface area (Å²) < 4.78 is 0. The second-order valence-corrected chi connectivity index (χ2v) is 5.27. The van der Waals surface area contributed by atoms with E-state index in [1.165, 1.54) is 30.7 Å². The van der Waals surface area contributed by atoms with Crippen molar-refractivity contribution < 1.29 is 0 Å². The molecule has 1 unspecified atom stereocenters. The number of halogens is 1. The van der Waals surface area contributed by atoms with Gasteiger partial charge < -0.3 is 0 Å². The SMILES string of the molecule is CC(Cl)c1nnc(C2CCCC2)s1. The van der Waals surface area contributed by atoms with Gasteiger partial charge in [-0.3, -0.25) is 0 Å². The van der Waals surface area contributed by atoms with Crippen LogP contribution in [0.5, 0.6) is 0 Å². The van der Waals surface area contributed by atoms with Crippen molar-refractivity contribution in [1.82, 2.24) is 10.2 Å². The monoisotopic (exact) mass is 216 g/mol. The summed E-state index contributed by atoms with van der Waals surface area (Å²) in [4.78, 5) is 0. The van der Waals surface area contributed by atoms with Gasteiger partial charge in [-0.25, -0.2) is 0 Å². The molecule has 0 spiro atoms. The Bertz CT molecular complexity index is 279. The van der Waals surface area contributed by atoms with Crippen molar-refractivity contribution in [2.45, 2.75) is 43.9 Å². The predicted octanol–water partition coefficient (Wildman–Crippen LogP) is 3.50. The summed E-state index contributed by atoms with van der Waals surface area (Å²) in [5, 5.41) is 10.5. The van der Waals surface area contributed by atoms with Gasteiger partial charge >= 0.3 is 0 Å². The molecule has 1 heterocycles. The number of aromatic nitrogens is 2. The molecule has 0 radical (unpaired) electrons. The number of nitrogens with zero attached hydrogens (tertiary/aromatic N) is 2. The first-order valence-corrected chi connectivity index (χ1v) is 6.00. The summed E-state index contributed by atoms with van der Waals surface area (Å²) in [6, 6.07) is 0. The molecular weight excluding hydrogens is 204 g/mol. The average molecular weight is 217 g/mol. The third-order valence-corrected chi connectivity index (χ3v) is 4.11. The van der Waals surface area contributed by atoms with Gasteiger partial charge in [0.25, 0.3) is 0 Å². The molecule has 1 aliphatic rings. The summed E-state index contributed by atoms with van der Waals surface area (Å²) in [6.07, 6.45) is 5.25. The fourth-order valence-corrected chi connectivity index (χ4v) is 2.86. The van der Waals surface area contributed by atoms with Gasteiger partial charge in [0.05, 0.1) is 5.38 Å². The van der Waals surface area contributed by atoms with Crippen molar-refractivity contribution in [3.05, 3.63) is 10.0 Å². The first kappa shape index (κ1) is 9.41. The molecule has 2 rings (SSSR count). The van der Waals surface area contributed by atoms with Crippen molar-refractivity contribution >= 4 is 22.9 Å². The van der Waals surface area contributed by atoms with E-state index in [0.29, 0.717) is 5.92 Å². The van der Waals surface area contributed by atoms with Crippen LogP contribution in [-0.2, 0) is 0 Å². The molecule has 1 aromatic heterocycles. The molecule has 13 heavy (non-hydrogen) atoms. The molecule has 0 saturated heterocycles. The molecule has 1 aliphatic carbocycles. The molecule has 4 heteroatoms. The van der Waals surface area contributed by atoms with Crippen molar-refractivity contribution in [2.75, 3.05) is 0 Å². The Hall–Kier alpha value is -0.150. The second-order valence-electron chi connectivity index (χ2n) is 3.58. The maximum absolute atomic E-state index is 5.93. The van der Waals surface area contributed by atoms with Crippen LogP contribution >= 0.6 is 22.9 Å². The highest BCUT2D eigenvalue weighted by Crippen LogP contribution is 2.36. The van der Waals surface area contributed by atoms with Crippen LogP contribution in [0.4, 0.5) is 0 Å². The first-order valence-electron chi connectivity index (χ1n) is 4.74. The largest absolute Gasteiger partial charge is 0.143 e. The Morgan fingerprint density at radius 3 is 2.62 bits per heavy atom. The van der Waals surface area contributed by atoms with E-state index in [4.69, 9.17) is 11.6 Å². The Labute approximate surface area is 87.3 Å². The van der Waals surface area contributed by atoms with Gasteiger partial charge in [0.1, 0.15) is 10.0 Å². The molecule has 0 aliphatic heterocycles. The van der Waals surface area contributed by atoms with E-state index in [1.807, 2.05) is 6.92 Å². The third-order valence-electron chi connectivity index (χ3n) is 2.50. The number of hydrogen-bond donors (Lipinski definition) is 0. The molecule has 0 aromatic carbocycles. The molecule has 1 saturated carbocycles. The van der Waals surface area contributed by atoms with Crippen LogP contribution in [-0.4, -0.2) is 10.2 Å². The zero-order chi connectivity index (χ0) is 9.26. The summed E-state index contributed by atoms with van der Waals surface area (Å²) in [7, 11) is 0. The van der Waals surface area contributed by atoms with Crippen LogP contribution in [0.1, 0.15) is 53.9 Å². The van der Waals surface area contributed by atoms with Gasteiger partial charge in [-0.15, -0.1) is 21.8 Å². The van der Waals surface area contributed by atoms with E-state index in [0.717, 1.165) is 5.01 Å². The van der Waals surface area contributed by atoms with Crippen LogP contribution in [0, 0.1) is 0 Å².